The Bertz CT molecular complexity index is 959. The van der Waals surface area contributed by atoms with E-state index in [2.05, 4.69) is 10.00 Å². The molecular weight excluding hydrogens is 356 g/mol. The fraction of sp³-hybridized carbons (Fsp3) is 0.450. The van der Waals surface area contributed by atoms with E-state index in [1.807, 2.05) is 35.1 Å². The highest BCUT2D eigenvalue weighted by molar-refractivity contribution is 5.89. The topological polar surface area (TPSA) is 91.3 Å². The van der Waals surface area contributed by atoms with Crippen molar-refractivity contribution in [2.45, 2.75) is 25.5 Å². The second-order valence-electron chi connectivity index (χ2n) is 7.24. The molecule has 0 bridgehead atoms. The lowest BCUT2D eigenvalue weighted by atomic mass is 10.2. The molecule has 1 aromatic carbocycles. The summed E-state index contributed by atoms with van der Waals surface area (Å²) in [6, 6.07) is 7.66. The van der Waals surface area contributed by atoms with Crippen LogP contribution < -0.4 is 10.6 Å². The van der Waals surface area contributed by atoms with Crippen LogP contribution >= 0.6 is 0 Å². The second kappa shape index (κ2) is 7.37. The minimum absolute atomic E-state index is 0.0713. The Hall–Kier alpha value is -2.71. The summed E-state index contributed by atoms with van der Waals surface area (Å²) in [6.45, 7) is 3.76. The van der Waals surface area contributed by atoms with Gasteiger partial charge >= 0.3 is 0 Å². The third-order valence-electron chi connectivity index (χ3n) is 5.34. The summed E-state index contributed by atoms with van der Waals surface area (Å²) >= 11 is 0. The highest BCUT2D eigenvalue weighted by Gasteiger charge is 2.24. The molecule has 2 N–H and O–H groups in total. The number of anilines is 2. The van der Waals surface area contributed by atoms with Crippen LogP contribution in [0.4, 0.5) is 11.5 Å². The molecule has 146 valence electrons. The van der Waals surface area contributed by atoms with Crippen LogP contribution in [0.15, 0.2) is 30.5 Å². The molecule has 28 heavy (non-hydrogen) atoms. The second-order valence-corrected chi connectivity index (χ2v) is 7.24. The van der Waals surface area contributed by atoms with Gasteiger partial charge in [-0.3, -0.25) is 0 Å². The molecule has 8 heteroatoms. The fourth-order valence-corrected chi connectivity index (χ4v) is 3.82. The summed E-state index contributed by atoms with van der Waals surface area (Å²) in [5.41, 5.74) is 8.32. The highest BCUT2D eigenvalue weighted by atomic mass is 16.5. The molecule has 2 saturated heterocycles. The van der Waals surface area contributed by atoms with Crippen molar-refractivity contribution in [1.82, 2.24) is 19.7 Å². The summed E-state index contributed by atoms with van der Waals surface area (Å²) in [5, 5.41) is 5.59. The van der Waals surface area contributed by atoms with Crippen LogP contribution in [-0.4, -0.2) is 52.7 Å². The third kappa shape index (κ3) is 3.18. The maximum absolute atomic E-state index is 5.97. The molecule has 2 aliphatic heterocycles. The maximum atomic E-state index is 5.97. The highest BCUT2D eigenvalue weighted by Crippen LogP contribution is 2.32. The Kier molecular flexibility index (Phi) is 4.58. The van der Waals surface area contributed by atoms with E-state index in [-0.39, 0.29) is 6.23 Å². The smallest absolute Gasteiger partial charge is 0.166 e. The normalized spacial score (nSPS) is 20.6. The van der Waals surface area contributed by atoms with Crippen LogP contribution in [0.1, 0.15) is 25.5 Å². The molecule has 0 radical (unpaired) electrons. The van der Waals surface area contributed by atoms with Gasteiger partial charge < -0.3 is 20.1 Å². The summed E-state index contributed by atoms with van der Waals surface area (Å²) in [4.78, 5) is 12.0. The van der Waals surface area contributed by atoms with Crippen LogP contribution in [-0.2, 0) is 9.47 Å². The fourth-order valence-electron chi connectivity index (χ4n) is 3.82. The molecule has 5 rings (SSSR count). The van der Waals surface area contributed by atoms with E-state index >= 15 is 0 Å². The Morgan fingerprint density at radius 1 is 1.00 bits per heavy atom. The first-order chi connectivity index (χ1) is 13.8. The molecule has 0 aliphatic carbocycles. The lowest BCUT2D eigenvalue weighted by molar-refractivity contribution is -0.0370. The molecule has 0 spiro atoms. The van der Waals surface area contributed by atoms with E-state index in [1.54, 1.807) is 0 Å². The monoisotopic (exact) mass is 380 g/mol. The molecule has 0 saturated carbocycles. The van der Waals surface area contributed by atoms with Crippen LogP contribution in [0.2, 0.25) is 0 Å². The van der Waals surface area contributed by atoms with Crippen molar-refractivity contribution in [2.75, 3.05) is 43.5 Å². The number of rotatable bonds is 3. The average Bonchev–Trinajstić information content (AvgIpc) is 3.19. The van der Waals surface area contributed by atoms with Crippen LogP contribution in [0.25, 0.3) is 22.4 Å². The summed E-state index contributed by atoms with van der Waals surface area (Å²) in [7, 11) is 0. The first-order valence-electron chi connectivity index (χ1n) is 9.85. The van der Waals surface area contributed by atoms with E-state index in [4.69, 9.17) is 25.2 Å². The molecule has 1 atom stereocenters. The number of fused-ring (bicyclic) bond motifs is 1. The zero-order valence-electron chi connectivity index (χ0n) is 15.8. The van der Waals surface area contributed by atoms with Gasteiger partial charge in [0.15, 0.2) is 17.7 Å². The Balaban J connectivity index is 1.65. The lowest BCUT2D eigenvalue weighted by Gasteiger charge is -2.28. The van der Waals surface area contributed by atoms with Crippen molar-refractivity contribution in [3.63, 3.8) is 0 Å². The molecule has 8 nitrogen and oxygen atoms in total. The predicted molar refractivity (Wildman–Crippen MR) is 107 cm³/mol. The third-order valence-corrected chi connectivity index (χ3v) is 5.34. The summed E-state index contributed by atoms with van der Waals surface area (Å²) < 4.78 is 13.4. The first kappa shape index (κ1) is 17.4. The number of nitrogen functional groups attached to an aromatic ring is 1. The van der Waals surface area contributed by atoms with Crippen molar-refractivity contribution >= 4 is 22.5 Å². The van der Waals surface area contributed by atoms with E-state index in [0.29, 0.717) is 19.0 Å². The minimum Gasteiger partial charge on any atom is -0.399 e. The molecule has 3 aromatic rings. The Morgan fingerprint density at radius 3 is 2.57 bits per heavy atom. The van der Waals surface area contributed by atoms with Gasteiger partial charge in [-0.15, -0.1) is 0 Å². The molecule has 2 aliphatic rings. The van der Waals surface area contributed by atoms with Crippen molar-refractivity contribution in [2.24, 2.45) is 0 Å². The standard InChI is InChI=1S/C20H24N6O2/c21-15-6-4-14(5-7-15)18-23-19(25-8-11-27-12-9-25)16-13-22-26(20(16)24-18)17-3-1-2-10-28-17/h4-7,13,17H,1-3,8-12,21H2. The van der Waals surface area contributed by atoms with Crippen molar-refractivity contribution in [1.29, 1.82) is 0 Å². The minimum atomic E-state index is -0.0713. The van der Waals surface area contributed by atoms with Crippen molar-refractivity contribution in [3.8, 4) is 11.4 Å². The van der Waals surface area contributed by atoms with Crippen molar-refractivity contribution in [3.05, 3.63) is 30.5 Å². The number of morpholine rings is 1. The number of aromatic nitrogens is 4. The number of hydrogen-bond acceptors (Lipinski definition) is 7. The number of ether oxygens (including phenoxy) is 2. The van der Waals surface area contributed by atoms with Gasteiger partial charge in [0.1, 0.15) is 5.82 Å². The molecular formula is C20H24N6O2. The largest absolute Gasteiger partial charge is 0.399 e. The van der Waals surface area contributed by atoms with Gasteiger partial charge in [-0.2, -0.15) is 5.10 Å². The van der Waals surface area contributed by atoms with Gasteiger partial charge in [0.05, 0.1) is 24.8 Å². The number of benzene rings is 1. The van der Waals surface area contributed by atoms with Crippen molar-refractivity contribution < 1.29 is 9.47 Å². The molecule has 1 unspecified atom stereocenters. The summed E-state index contributed by atoms with van der Waals surface area (Å²) in [6.07, 6.45) is 4.98. The zero-order chi connectivity index (χ0) is 18.9. The van der Waals surface area contributed by atoms with E-state index in [1.165, 1.54) is 0 Å². The molecule has 0 amide bonds. The molecule has 2 aromatic heterocycles. The van der Waals surface area contributed by atoms with Gasteiger partial charge in [-0.1, -0.05) is 0 Å². The number of hydrogen-bond donors (Lipinski definition) is 1. The van der Waals surface area contributed by atoms with E-state index in [0.717, 1.165) is 67.1 Å². The summed E-state index contributed by atoms with van der Waals surface area (Å²) in [5.74, 6) is 1.58. The molecule has 2 fully saturated rings. The average molecular weight is 380 g/mol. The van der Waals surface area contributed by atoms with Crippen LogP contribution in [0.3, 0.4) is 0 Å². The van der Waals surface area contributed by atoms with Crippen LogP contribution in [0, 0.1) is 0 Å². The first-order valence-corrected chi connectivity index (χ1v) is 9.85. The molecule has 4 heterocycles. The Labute approximate surface area is 163 Å². The van der Waals surface area contributed by atoms with Gasteiger partial charge in [0.25, 0.3) is 0 Å². The lowest BCUT2D eigenvalue weighted by Crippen LogP contribution is -2.37. The number of nitrogens with two attached hydrogens (primary N) is 1. The SMILES string of the molecule is Nc1ccc(-c2nc(N3CCOCC3)c3cnn(C4CCCCO4)c3n2)cc1. The maximum Gasteiger partial charge on any atom is 0.166 e. The zero-order valence-corrected chi connectivity index (χ0v) is 15.8. The van der Waals surface area contributed by atoms with Gasteiger partial charge in [0.2, 0.25) is 0 Å². The predicted octanol–water partition coefficient (Wildman–Crippen LogP) is 2.61. The van der Waals surface area contributed by atoms with E-state index < -0.39 is 0 Å². The van der Waals surface area contributed by atoms with Gasteiger partial charge in [0, 0.05) is 30.9 Å². The van der Waals surface area contributed by atoms with E-state index in [9.17, 15) is 0 Å². The van der Waals surface area contributed by atoms with Crippen LogP contribution in [0.5, 0.6) is 0 Å². The van der Waals surface area contributed by atoms with Gasteiger partial charge in [-0.25, -0.2) is 14.6 Å². The number of nitrogens with zero attached hydrogens (tertiary/aromatic N) is 5. The van der Waals surface area contributed by atoms with Gasteiger partial charge in [-0.05, 0) is 43.5 Å². The Morgan fingerprint density at radius 2 is 1.82 bits per heavy atom. The quantitative estimate of drug-likeness (QED) is 0.698.